The zero-order valence-electron chi connectivity index (χ0n) is 6.16. The minimum Gasteiger partial charge on any atom is -0.481 e. The fourth-order valence-corrected chi connectivity index (χ4v) is 1.88. The lowest BCUT2D eigenvalue weighted by Gasteiger charge is -2.04. The predicted octanol–water partition coefficient (Wildman–Crippen LogP) is 1.88. The van der Waals surface area contributed by atoms with Gasteiger partial charge in [-0.3, -0.25) is 4.79 Å². The molecule has 0 amide bonds. The van der Waals surface area contributed by atoms with Gasteiger partial charge >= 0.3 is 5.97 Å². The Morgan fingerprint density at radius 3 is 2.83 bits per heavy atom. The third-order valence-electron chi connectivity index (χ3n) is 1.35. The zero-order chi connectivity index (χ0) is 9.14. The highest BCUT2D eigenvalue weighted by molar-refractivity contribution is 7.16. The van der Waals surface area contributed by atoms with Crippen LogP contribution in [0.15, 0.2) is 12.1 Å². The van der Waals surface area contributed by atoms with Gasteiger partial charge in [-0.05, 0) is 12.1 Å². The molecule has 0 aromatic carbocycles. The summed E-state index contributed by atoms with van der Waals surface area (Å²) in [5, 5.41) is 8.44. The Morgan fingerprint density at radius 1 is 1.75 bits per heavy atom. The van der Waals surface area contributed by atoms with Crippen molar-refractivity contribution < 1.29 is 9.90 Å². The molecule has 1 rings (SSSR count). The van der Waals surface area contributed by atoms with Gasteiger partial charge in [-0.2, -0.15) is 0 Å². The van der Waals surface area contributed by atoms with Crippen molar-refractivity contribution in [1.29, 1.82) is 0 Å². The van der Waals surface area contributed by atoms with Gasteiger partial charge in [0.25, 0.3) is 0 Å². The van der Waals surface area contributed by atoms with E-state index in [1.165, 1.54) is 11.3 Å². The molecule has 66 valence electrons. The largest absolute Gasteiger partial charge is 0.481 e. The second kappa shape index (κ2) is 3.89. The van der Waals surface area contributed by atoms with Crippen molar-refractivity contribution >= 4 is 28.9 Å². The maximum atomic E-state index is 10.3. The Morgan fingerprint density at radius 2 is 2.42 bits per heavy atom. The highest BCUT2D eigenvalue weighted by atomic mass is 35.5. The monoisotopic (exact) mass is 205 g/mol. The summed E-state index contributed by atoms with van der Waals surface area (Å²) in [4.78, 5) is 11.1. The van der Waals surface area contributed by atoms with Crippen LogP contribution in [0.1, 0.15) is 17.3 Å². The van der Waals surface area contributed by atoms with Gasteiger partial charge in [0.15, 0.2) is 0 Å². The van der Waals surface area contributed by atoms with E-state index in [9.17, 15) is 4.79 Å². The zero-order valence-corrected chi connectivity index (χ0v) is 7.73. The van der Waals surface area contributed by atoms with Crippen LogP contribution in [0.3, 0.4) is 0 Å². The number of carboxylic acids is 1. The molecule has 3 nitrogen and oxygen atoms in total. The SMILES string of the molecule is N[C@@H](CC(=O)O)c1ccc(Cl)s1. The molecule has 0 bridgehead atoms. The summed E-state index contributed by atoms with van der Waals surface area (Å²) in [5.41, 5.74) is 5.58. The minimum absolute atomic E-state index is 0.0587. The van der Waals surface area contributed by atoms with E-state index in [0.717, 1.165) is 4.88 Å². The predicted molar refractivity (Wildman–Crippen MR) is 48.5 cm³/mol. The molecule has 0 saturated carbocycles. The first kappa shape index (κ1) is 9.51. The molecule has 0 radical (unpaired) electrons. The van der Waals surface area contributed by atoms with Crippen molar-refractivity contribution in [1.82, 2.24) is 0 Å². The molecule has 0 saturated heterocycles. The van der Waals surface area contributed by atoms with E-state index in [0.29, 0.717) is 4.34 Å². The topological polar surface area (TPSA) is 63.3 Å². The third kappa shape index (κ3) is 2.48. The Labute approximate surface area is 78.8 Å². The molecule has 1 aromatic rings. The molecular formula is C7H8ClNO2S. The van der Waals surface area contributed by atoms with Gasteiger partial charge in [0, 0.05) is 10.9 Å². The van der Waals surface area contributed by atoms with Crippen LogP contribution in [0.25, 0.3) is 0 Å². The van der Waals surface area contributed by atoms with Gasteiger partial charge in [0.2, 0.25) is 0 Å². The Hall–Kier alpha value is -0.580. The first-order chi connectivity index (χ1) is 5.59. The van der Waals surface area contributed by atoms with E-state index >= 15 is 0 Å². The lowest BCUT2D eigenvalue weighted by molar-refractivity contribution is -0.137. The van der Waals surface area contributed by atoms with Crippen LogP contribution in [0.5, 0.6) is 0 Å². The maximum Gasteiger partial charge on any atom is 0.305 e. The van der Waals surface area contributed by atoms with E-state index < -0.39 is 12.0 Å². The lowest BCUT2D eigenvalue weighted by atomic mass is 10.2. The number of thiophene rings is 1. The normalized spacial score (nSPS) is 12.8. The average Bonchev–Trinajstić information content (AvgIpc) is 2.34. The van der Waals surface area contributed by atoms with Crippen LogP contribution in [0, 0.1) is 0 Å². The molecule has 0 fully saturated rings. The molecule has 0 aliphatic rings. The van der Waals surface area contributed by atoms with E-state index in [-0.39, 0.29) is 6.42 Å². The van der Waals surface area contributed by atoms with E-state index in [2.05, 4.69) is 0 Å². The number of nitrogens with two attached hydrogens (primary N) is 1. The molecule has 1 aromatic heterocycles. The first-order valence-corrected chi connectivity index (χ1v) is 4.51. The fraction of sp³-hybridized carbons (Fsp3) is 0.286. The number of aliphatic carboxylic acids is 1. The van der Waals surface area contributed by atoms with E-state index in [1.54, 1.807) is 12.1 Å². The maximum absolute atomic E-state index is 10.3. The van der Waals surface area contributed by atoms with Crippen molar-refractivity contribution in [3.05, 3.63) is 21.3 Å². The van der Waals surface area contributed by atoms with E-state index in [4.69, 9.17) is 22.4 Å². The van der Waals surface area contributed by atoms with Crippen molar-refractivity contribution in [2.45, 2.75) is 12.5 Å². The summed E-state index contributed by atoms with van der Waals surface area (Å²) in [6, 6.07) is 3.02. The lowest BCUT2D eigenvalue weighted by Crippen LogP contribution is -2.13. The number of hydrogen-bond acceptors (Lipinski definition) is 3. The van der Waals surface area contributed by atoms with Gasteiger partial charge in [-0.1, -0.05) is 11.6 Å². The van der Waals surface area contributed by atoms with Gasteiger partial charge in [0.1, 0.15) is 0 Å². The molecule has 0 aliphatic carbocycles. The smallest absolute Gasteiger partial charge is 0.305 e. The summed E-state index contributed by atoms with van der Waals surface area (Å²) < 4.78 is 0.630. The Balaban J connectivity index is 2.64. The standard InChI is InChI=1S/C7H8ClNO2S/c8-6-2-1-5(12-6)4(9)3-7(10)11/h1-2,4H,3,9H2,(H,10,11)/t4-/m0/s1. The molecule has 3 N–H and O–H groups in total. The van der Waals surface area contributed by atoms with Gasteiger partial charge in [-0.25, -0.2) is 0 Å². The molecular weight excluding hydrogens is 198 g/mol. The van der Waals surface area contributed by atoms with Crippen LogP contribution < -0.4 is 5.73 Å². The molecule has 12 heavy (non-hydrogen) atoms. The van der Waals surface area contributed by atoms with Crippen molar-refractivity contribution in [2.24, 2.45) is 5.73 Å². The third-order valence-corrected chi connectivity index (χ3v) is 2.72. The molecule has 5 heteroatoms. The second-order valence-corrected chi connectivity index (χ2v) is 4.09. The number of rotatable bonds is 3. The molecule has 1 atom stereocenters. The van der Waals surface area contributed by atoms with Gasteiger partial charge in [0.05, 0.1) is 10.8 Å². The van der Waals surface area contributed by atoms with E-state index in [1.807, 2.05) is 0 Å². The molecule has 0 spiro atoms. The van der Waals surface area contributed by atoms with Gasteiger partial charge in [-0.15, -0.1) is 11.3 Å². The van der Waals surface area contributed by atoms with Crippen molar-refractivity contribution in [3.63, 3.8) is 0 Å². The van der Waals surface area contributed by atoms with Crippen LogP contribution in [0.2, 0.25) is 4.34 Å². The van der Waals surface area contributed by atoms with Crippen LogP contribution in [-0.4, -0.2) is 11.1 Å². The number of halogens is 1. The molecule has 0 unspecified atom stereocenters. The van der Waals surface area contributed by atoms with Crippen LogP contribution in [0.4, 0.5) is 0 Å². The second-order valence-electron chi connectivity index (χ2n) is 2.35. The van der Waals surface area contributed by atoms with Gasteiger partial charge < -0.3 is 10.8 Å². The number of carbonyl (C=O) groups is 1. The van der Waals surface area contributed by atoms with Crippen molar-refractivity contribution in [2.75, 3.05) is 0 Å². The molecule has 0 aliphatic heterocycles. The fourth-order valence-electron chi connectivity index (χ4n) is 0.816. The summed E-state index contributed by atoms with van der Waals surface area (Å²) in [6.07, 6.45) is -0.0587. The Kier molecular flexibility index (Phi) is 3.08. The summed E-state index contributed by atoms with van der Waals surface area (Å²) in [7, 11) is 0. The molecule has 1 heterocycles. The highest BCUT2D eigenvalue weighted by Crippen LogP contribution is 2.26. The summed E-state index contributed by atoms with van der Waals surface area (Å²) in [5.74, 6) is -0.896. The average molecular weight is 206 g/mol. The quantitative estimate of drug-likeness (QED) is 0.792. The van der Waals surface area contributed by atoms with Crippen LogP contribution >= 0.6 is 22.9 Å². The van der Waals surface area contributed by atoms with Crippen molar-refractivity contribution in [3.8, 4) is 0 Å². The minimum atomic E-state index is -0.896. The van der Waals surface area contributed by atoms with Crippen LogP contribution in [-0.2, 0) is 4.79 Å². The Bertz CT molecular complexity index is 287. The summed E-state index contributed by atoms with van der Waals surface area (Å²) >= 11 is 6.97. The highest BCUT2D eigenvalue weighted by Gasteiger charge is 2.12. The summed E-state index contributed by atoms with van der Waals surface area (Å²) in [6.45, 7) is 0. The number of hydrogen-bond donors (Lipinski definition) is 2. The number of carboxylic acid groups (broad SMARTS) is 1. The first-order valence-electron chi connectivity index (χ1n) is 3.32.